The Hall–Kier alpha value is -2.04. The fraction of sp³-hybridized carbons (Fsp3) is 0.619. The van der Waals surface area contributed by atoms with Crippen molar-refractivity contribution in [3.05, 3.63) is 29.8 Å². The van der Waals surface area contributed by atoms with Crippen molar-refractivity contribution in [3.63, 3.8) is 0 Å². The summed E-state index contributed by atoms with van der Waals surface area (Å²) in [5.41, 5.74) is 0.607. The molecular formula is C21H31NO4. The number of hydrogen-bond acceptors (Lipinski definition) is 4. The van der Waals surface area contributed by atoms with Gasteiger partial charge in [-0.2, -0.15) is 0 Å². The van der Waals surface area contributed by atoms with Crippen molar-refractivity contribution in [2.75, 3.05) is 20.3 Å². The summed E-state index contributed by atoms with van der Waals surface area (Å²) in [6, 6.07) is 7.42. The Morgan fingerprint density at radius 3 is 2.46 bits per heavy atom. The Bertz CT molecular complexity index is 579. The Kier molecular flexibility index (Phi) is 8.45. The van der Waals surface area contributed by atoms with Crippen LogP contribution in [0, 0.1) is 0 Å². The highest BCUT2D eigenvalue weighted by molar-refractivity contribution is 5.95. The molecule has 1 aromatic rings. The van der Waals surface area contributed by atoms with E-state index in [0.29, 0.717) is 24.5 Å². The maximum Gasteiger partial charge on any atom is 0.307 e. The van der Waals surface area contributed by atoms with Crippen molar-refractivity contribution in [2.24, 2.45) is 0 Å². The first-order chi connectivity index (χ1) is 12.7. The third-order valence-corrected chi connectivity index (χ3v) is 4.96. The van der Waals surface area contributed by atoms with E-state index in [1.807, 2.05) is 23.1 Å². The molecule has 0 atom stereocenters. The van der Waals surface area contributed by atoms with Gasteiger partial charge in [0.15, 0.2) is 0 Å². The summed E-state index contributed by atoms with van der Waals surface area (Å²) >= 11 is 0. The summed E-state index contributed by atoms with van der Waals surface area (Å²) in [7, 11) is 1.59. The van der Waals surface area contributed by atoms with Gasteiger partial charge in [-0.15, -0.1) is 0 Å². The van der Waals surface area contributed by atoms with E-state index in [1.165, 1.54) is 19.3 Å². The summed E-state index contributed by atoms with van der Waals surface area (Å²) in [6.45, 7) is 2.57. The standard InChI is InChI=1S/C21H31NO4/c1-3-26-20(23)14-15-22(18-11-7-5-4-6-8-12-18)21(24)17-10-9-13-19(16-17)25-2/h9-10,13,16,18H,3-8,11-12,14-15H2,1-2H3. The van der Waals surface area contributed by atoms with E-state index < -0.39 is 0 Å². The predicted octanol–water partition coefficient (Wildman–Crippen LogP) is 4.20. The van der Waals surface area contributed by atoms with Gasteiger partial charge in [0.1, 0.15) is 5.75 Å². The van der Waals surface area contributed by atoms with Crippen molar-refractivity contribution in [1.82, 2.24) is 4.90 Å². The molecule has 0 radical (unpaired) electrons. The molecule has 0 saturated heterocycles. The first-order valence-electron chi connectivity index (χ1n) is 9.76. The molecule has 0 unspecified atom stereocenters. The number of rotatable bonds is 7. The molecule has 26 heavy (non-hydrogen) atoms. The van der Waals surface area contributed by atoms with Gasteiger partial charge in [0, 0.05) is 18.2 Å². The highest BCUT2D eigenvalue weighted by Gasteiger charge is 2.26. The van der Waals surface area contributed by atoms with Gasteiger partial charge >= 0.3 is 5.97 Å². The molecule has 1 aromatic carbocycles. The van der Waals surface area contributed by atoms with Crippen LogP contribution in [0.25, 0.3) is 0 Å². The Labute approximate surface area is 156 Å². The zero-order valence-corrected chi connectivity index (χ0v) is 16.0. The summed E-state index contributed by atoms with van der Waals surface area (Å²) in [5, 5.41) is 0. The van der Waals surface area contributed by atoms with E-state index >= 15 is 0 Å². The molecule has 2 rings (SSSR count). The van der Waals surface area contributed by atoms with E-state index in [2.05, 4.69) is 0 Å². The van der Waals surface area contributed by atoms with E-state index in [9.17, 15) is 9.59 Å². The molecule has 1 saturated carbocycles. The van der Waals surface area contributed by atoms with Crippen LogP contribution in [-0.4, -0.2) is 43.1 Å². The van der Waals surface area contributed by atoms with Crippen LogP contribution in [-0.2, 0) is 9.53 Å². The van der Waals surface area contributed by atoms with Crippen LogP contribution in [0.15, 0.2) is 24.3 Å². The second-order valence-corrected chi connectivity index (χ2v) is 6.78. The smallest absolute Gasteiger partial charge is 0.307 e. The molecule has 0 aliphatic heterocycles. The molecular weight excluding hydrogens is 330 g/mol. The minimum absolute atomic E-state index is 0.0289. The number of carbonyl (C=O) groups excluding carboxylic acids is 2. The predicted molar refractivity (Wildman–Crippen MR) is 101 cm³/mol. The number of hydrogen-bond donors (Lipinski definition) is 0. The van der Waals surface area contributed by atoms with Crippen LogP contribution in [0.2, 0.25) is 0 Å². The molecule has 0 N–H and O–H groups in total. The molecule has 0 spiro atoms. The number of benzene rings is 1. The van der Waals surface area contributed by atoms with Crippen LogP contribution < -0.4 is 4.74 Å². The van der Waals surface area contributed by atoms with Gasteiger partial charge in [-0.25, -0.2) is 0 Å². The van der Waals surface area contributed by atoms with Crippen LogP contribution in [0.3, 0.4) is 0 Å². The maximum atomic E-state index is 13.2. The Balaban J connectivity index is 2.16. The van der Waals surface area contributed by atoms with Gasteiger partial charge in [0.25, 0.3) is 5.91 Å². The molecule has 1 aliphatic rings. The fourth-order valence-corrected chi connectivity index (χ4v) is 3.56. The third kappa shape index (κ3) is 6.04. The minimum atomic E-state index is -0.248. The van der Waals surface area contributed by atoms with E-state index in [1.54, 1.807) is 20.1 Å². The highest BCUT2D eigenvalue weighted by Crippen LogP contribution is 2.24. The summed E-state index contributed by atoms with van der Waals surface area (Å²) in [4.78, 5) is 26.9. The fourth-order valence-electron chi connectivity index (χ4n) is 3.56. The molecule has 0 bridgehead atoms. The first kappa shape index (κ1) is 20.3. The summed E-state index contributed by atoms with van der Waals surface area (Å²) in [5.74, 6) is 0.388. The lowest BCUT2D eigenvalue weighted by Gasteiger charge is -2.33. The Morgan fingerprint density at radius 2 is 1.81 bits per heavy atom. The van der Waals surface area contributed by atoms with Gasteiger partial charge in [-0.3, -0.25) is 9.59 Å². The van der Waals surface area contributed by atoms with Crippen molar-refractivity contribution in [1.29, 1.82) is 0 Å². The van der Waals surface area contributed by atoms with Gasteiger partial charge in [-0.05, 0) is 38.0 Å². The third-order valence-electron chi connectivity index (χ3n) is 4.96. The number of carbonyl (C=O) groups is 2. The van der Waals surface area contributed by atoms with Crippen LogP contribution in [0.5, 0.6) is 5.75 Å². The normalized spacial score (nSPS) is 15.6. The zero-order valence-electron chi connectivity index (χ0n) is 16.0. The zero-order chi connectivity index (χ0) is 18.8. The second-order valence-electron chi connectivity index (χ2n) is 6.78. The largest absolute Gasteiger partial charge is 0.497 e. The van der Waals surface area contributed by atoms with Gasteiger partial charge in [-0.1, -0.05) is 38.2 Å². The lowest BCUT2D eigenvalue weighted by molar-refractivity contribution is -0.143. The minimum Gasteiger partial charge on any atom is -0.497 e. The van der Waals surface area contributed by atoms with E-state index in [-0.39, 0.29) is 24.3 Å². The van der Waals surface area contributed by atoms with Crippen LogP contribution in [0.4, 0.5) is 0 Å². The van der Waals surface area contributed by atoms with Gasteiger partial charge in [0.05, 0.1) is 20.1 Å². The maximum absolute atomic E-state index is 13.2. The van der Waals surface area contributed by atoms with E-state index in [0.717, 1.165) is 25.7 Å². The Morgan fingerprint density at radius 1 is 1.12 bits per heavy atom. The summed E-state index contributed by atoms with van der Waals surface area (Å²) < 4.78 is 10.3. The van der Waals surface area contributed by atoms with Crippen LogP contribution in [0.1, 0.15) is 68.6 Å². The molecule has 0 aromatic heterocycles. The summed E-state index contributed by atoms with van der Waals surface area (Å²) in [6.07, 6.45) is 8.21. The van der Waals surface area contributed by atoms with Crippen molar-refractivity contribution in [3.8, 4) is 5.75 Å². The van der Waals surface area contributed by atoms with Gasteiger partial charge < -0.3 is 14.4 Å². The number of nitrogens with zero attached hydrogens (tertiary/aromatic N) is 1. The molecule has 1 fully saturated rings. The molecule has 1 aliphatic carbocycles. The number of methoxy groups -OCH3 is 1. The van der Waals surface area contributed by atoms with Gasteiger partial charge in [0.2, 0.25) is 0 Å². The van der Waals surface area contributed by atoms with Crippen LogP contribution >= 0.6 is 0 Å². The lowest BCUT2D eigenvalue weighted by atomic mass is 9.95. The number of esters is 1. The quantitative estimate of drug-likeness (QED) is 0.683. The van der Waals surface area contributed by atoms with E-state index in [4.69, 9.17) is 9.47 Å². The lowest BCUT2D eigenvalue weighted by Crippen LogP contribution is -2.42. The topological polar surface area (TPSA) is 55.8 Å². The average Bonchev–Trinajstić information content (AvgIpc) is 2.63. The highest BCUT2D eigenvalue weighted by atomic mass is 16.5. The number of ether oxygens (including phenoxy) is 2. The van der Waals surface area contributed by atoms with Crippen molar-refractivity contribution in [2.45, 2.75) is 64.3 Å². The SMILES string of the molecule is CCOC(=O)CCN(C(=O)c1cccc(OC)c1)C1CCCCCCC1. The average molecular weight is 361 g/mol. The second kappa shape index (κ2) is 10.8. The monoisotopic (exact) mass is 361 g/mol. The molecule has 144 valence electrons. The number of amides is 1. The molecule has 5 nitrogen and oxygen atoms in total. The first-order valence-corrected chi connectivity index (χ1v) is 9.76. The molecule has 0 heterocycles. The molecule has 5 heteroatoms. The van der Waals surface area contributed by atoms with Crippen molar-refractivity contribution < 1.29 is 19.1 Å². The van der Waals surface area contributed by atoms with Crippen molar-refractivity contribution >= 4 is 11.9 Å². The molecule has 1 amide bonds.